The normalized spacial score (nSPS) is 12.8. The fraction of sp³-hybridized carbons (Fsp3) is 0. The average Bonchev–Trinajstić information content (AvgIpc) is 3.85. The van der Waals surface area contributed by atoms with Gasteiger partial charge in [-0.25, -0.2) is 4.90 Å². The molecule has 0 bridgehead atoms. The molecule has 0 aliphatic carbocycles. The first-order valence-electron chi connectivity index (χ1n) is 18.4. The molecule has 10 aromatic rings. The molecule has 0 radical (unpaired) electrons. The van der Waals surface area contributed by atoms with Crippen molar-refractivity contribution < 1.29 is 9.59 Å². The molecule has 55 heavy (non-hydrogen) atoms. The lowest BCUT2D eigenvalue weighted by atomic mass is 9.97. The summed E-state index contributed by atoms with van der Waals surface area (Å²) in [6, 6.07) is 63.5. The molecule has 5 nitrogen and oxygen atoms in total. The quantitative estimate of drug-likeness (QED) is 0.167. The largest absolute Gasteiger partial charge is 0.309 e. The van der Waals surface area contributed by atoms with Gasteiger partial charge in [0.1, 0.15) is 0 Å². The van der Waals surface area contributed by atoms with Crippen LogP contribution in [0, 0.1) is 0 Å². The zero-order valence-electron chi connectivity index (χ0n) is 29.6. The molecule has 0 saturated heterocycles. The third-order valence-electron chi connectivity index (χ3n) is 11.1. The summed E-state index contributed by atoms with van der Waals surface area (Å²) in [5.41, 5.74) is 11.1. The van der Waals surface area contributed by atoms with Crippen molar-refractivity contribution in [3.8, 4) is 33.6 Å². The van der Waals surface area contributed by atoms with Gasteiger partial charge >= 0.3 is 0 Å². The van der Waals surface area contributed by atoms with Crippen LogP contribution in [0.3, 0.4) is 0 Å². The van der Waals surface area contributed by atoms with Crippen LogP contribution in [0.4, 0.5) is 5.69 Å². The summed E-state index contributed by atoms with van der Waals surface area (Å²) in [4.78, 5) is 30.7. The second-order valence-corrected chi connectivity index (χ2v) is 14.0. The molecular weight excluding hydrogens is 675 g/mol. The minimum Gasteiger partial charge on any atom is -0.309 e. The lowest BCUT2D eigenvalue weighted by molar-refractivity contribution is 0.0926. The molecule has 2 amide bonds. The summed E-state index contributed by atoms with van der Waals surface area (Å²) in [5, 5.41) is 4.54. The highest BCUT2D eigenvalue weighted by Gasteiger charge is 2.40. The monoisotopic (exact) mass is 705 g/mol. The van der Waals surface area contributed by atoms with E-state index < -0.39 is 0 Å². The molecule has 1 aliphatic heterocycles. The number of anilines is 1. The SMILES string of the molecule is O=C1c2cccc(-n3c4ccccc4c4cc(-n5c6ccccc6c6ccccc65)ccc43)c2C(=O)N1c1ccc(-c2ccccc2)cc1-c1ccccc1. The highest BCUT2D eigenvalue weighted by molar-refractivity contribution is 6.36. The number of carbonyl (C=O) groups is 2. The van der Waals surface area contributed by atoms with Crippen LogP contribution >= 0.6 is 0 Å². The number of aromatic nitrogens is 2. The lowest BCUT2D eigenvalue weighted by Gasteiger charge is -2.20. The van der Waals surface area contributed by atoms with Gasteiger partial charge in [0, 0.05) is 32.8 Å². The highest BCUT2D eigenvalue weighted by Crippen LogP contribution is 2.42. The molecule has 2 aromatic heterocycles. The van der Waals surface area contributed by atoms with E-state index in [0.717, 1.165) is 60.8 Å². The second kappa shape index (κ2) is 12.0. The summed E-state index contributed by atoms with van der Waals surface area (Å²) >= 11 is 0. The molecule has 5 heteroatoms. The molecule has 1 aliphatic rings. The van der Waals surface area contributed by atoms with E-state index in [9.17, 15) is 9.59 Å². The number of amides is 2. The van der Waals surface area contributed by atoms with E-state index in [0.29, 0.717) is 22.5 Å². The Kier molecular flexibility index (Phi) is 6.79. The van der Waals surface area contributed by atoms with Crippen LogP contribution in [0.5, 0.6) is 0 Å². The first kappa shape index (κ1) is 31.1. The number of hydrogen-bond acceptors (Lipinski definition) is 2. The number of fused-ring (bicyclic) bond motifs is 7. The van der Waals surface area contributed by atoms with Gasteiger partial charge in [-0.1, -0.05) is 127 Å². The van der Waals surface area contributed by atoms with Gasteiger partial charge in [-0.05, 0) is 77.4 Å². The van der Waals surface area contributed by atoms with Gasteiger partial charge in [-0.2, -0.15) is 0 Å². The van der Waals surface area contributed by atoms with E-state index in [4.69, 9.17) is 0 Å². The maximum atomic E-state index is 14.9. The Morgan fingerprint density at radius 2 is 0.891 bits per heavy atom. The Balaban J connectivity index is 1.09. The van der Waals surface area contributed by atoms with Crippen LogP contribution in [0.25, 0.3) is 77.2 Å². The van der Waals surface area contributed by atoms with Crippen molar-refractivity contribution in [3.05, 3.63) is 199 Å². The van der Waals surface area contributed by atoms with E-state index in [1.54, 1.807) is 6.07 Å². The number of benzene rings is 8. The predicted octanol–water partition coefficient (Wildman–Crippen LogP) is 12.0. The van der Waals surface area contributed by atoms with E-state index >= 15 is 0 Å². The maximum Gasteiger partial charge on any atom is 0.268 e. The first-order valence-corrected chi connectivity index (χ1v) is 18.4. The van der Waals surface area contributed by atoms with Gasteiger partial charge in [0.2, 0.25) is 0 Å². The van der Waals surface area contributed by atoms with E-state index in [2.05, 4.69) is 112 Å². The summed E-state index contributed by atoms with van der Waals surface area (Å²) < 4.78 is 4.47. The molecule has 0 fully saturated rings. The molecule has 0 saturated carbocycles. The fourth-order valence-electron chi connectivity index (χ4n) is 8.62. The fourth-order valence-corrected chi connectivity index (χ4v) is 8.62. The zero-order valence-corrected chi connectivity index (χ0v) is 29.6. The number of hydrogen-bond donors (Lipinski definition) is 0. The van der Waals surface area contributed by atoms with E-state index in [-0.39, 0.29) is 11.8 Å². The van der Waals surface area contributed by atoms with Crippen molar-refractivity contribution in [2.45, 2.75) is 0 Å². The van der Waals surface area contributed by atoms with Crippen molar-refractivity contribution in [2.24, 2.45) is 0 Å². The average molecular weight is 706 g/mol. The Labute approximate surface area is 316 Å². The first-order chi connectivity index (χ1) is 27.2. The Morgan fingerprint density at radius 3 is 1.56 bits per heavy atom. The summed E-state index contributed by atoms with van der Waals surface area (Å²) in [6.07, 6.45) is 0. The minimum absolute atomic E-state index is 0.332. The van der Waals surface area contributed by atoms with Crippen molar-refractivity contribution in [1.29, 1.82) is 0 Å². The zero-order chi connectivity index (χ0) is 36.6. The third kappa shape index (κ3) is 4.60. The van der Waals surface area contributed by atoms with Gasteiger partial charge in [0.15, 0.2) is 0 Å². The molecule has 11 rings (SSSR count). The van der Waals surface area contributed by atoms with Crippen LogP contribution in [-0.4, -0.2) is 20.9 Å². The van der Waals surface area contributed by atoms with E-state index in [1.165, 1.54) is 15.7 Å². The van der Waals surface area contributed by atoms with Crippen LogP contribution in [0.15, 0.2) is 188 Å². The molecule has 0 unspecified atom stereocenters. The van der Waals surface area contributed by atoms with E-state index in [1.807, 2.05) is 78.9 Å². The molecule has 3 heterocycles. The predicted molar refractivity (Wildman–Crippen MR) is 224 cm³/mol. The Bertz CT molecular complexity index is 3140. The Hall–Kier alpha value is -7.50. The summed E-state index contributed by atoms with van der Waals surface area (Å²) in [6.45, 7) is 0. The number of rotatable bonds is 5. The van der Waals surface area contributed by atoms with Crippen LogP contribution in [0.2, 0.25) is 0 Å². The Morgan fingerprint density at radius 1 is 0.327 bits per heavy atom. The standard InChI is InChI=1S/C50H31N3O2/c54-49-39-21-13-25-47(48(39)50(55)53(49)45-28-26-34(32-14-3-1-4-15-32)30-40(45)33-16-5-2-6-17-33)52-44-24-12-9-20-38(44)41-31-35(27-29-46(41)52)51-42-22-10-7-18-36(42)37-19-8-11-23-43(37)51/h1-31H. The molecule has 258 valence electrons. The minimum atomic E-state index is -0.340. The van der Waals surface area contributed by atoms with Crippen LogP contribution in [-0.2, 0) is 0 Å². The second-order valence-electron chi connectivity index (χ2n) is 14.0. The summed E-state index contributed by atoms with van der Waals surface area (Å²) in [7, 11) is 0. The van der Waals surface area contributed by atoms with Crippen molar-refractivity contribution in [3.63, 3.8) is 0 Å². The number of nitrogens with zero attached hydrogens (tertiary/aromatic N) is 3. The highest BCUT2D eigenvalue weighted by atomic mass is 16.2. The number of carbonyl (C=O) groups excluding carboxylic acids is 2. The molecule has 0 atom stereocenters. The third-order valence-corrected chi connectivity index (χ3v) is 11.1. The number of para-hydroxylation sites is 3. The van der Waals surface area contributed by atoms with Crippen molar-refractivity contribution in [1.82, 2.24) is 9.13 Å². The van der Waals surface area contributed by atoms with Gasteiger partial charge in [-0.15, -0.1) is 0 Å². The molecule has 0 spiro atoms. The number of imide groups is 1. The topological polar surface area (TPSA) is 47.2 Å². The van der Waals surface area contributed by atoms with Crippen LogP contribution in [0.1, 0.15) is 20.7 Å². The summed E-state index contributed by atoms with van der Waals surface area (Å²) in [5.74, 6) is -0.672. The van der Waals surface area contributed by atoms with Crippen molar-refractivity contribution in [2.75, 3.05) is 4.90 Å². The molecule has 0 N–H and O–H groups in total. The lowest BCUT2D eigenvalue weighted by Crippen LogP contribution is -2.30. The van der Waals surface area contributed by atoms with Gasteiger partial charge in [-0.3, -0.25) is 9.59 Å². The smallest absolute Gasteiger partial charge is 0.268 e. The molecule has 8 aromatic carbocycles. The molecular formula is C50H31N3O2. The van der Waals surface area contributed by atoms with Gasteiger partial charge in [0.25, 0.3) is 11.8 Å². The van der Waals surface area contributed by atoms with Gasteiger partial charge in [0.05, 0.1) is 44.6 Å². The maximum absolute atomic E-state index is 14.9. The van der Waals surface area contributed by atoms with Crippen molar-refractivity contribution >= 4 is 61.1 Å². The van der Waals surface area contributed by atoms with Gasteiger partial charge < -0.3 is 9.13 Å². The van der Waals surface area contributed by atoms with Crippen LogP contribution < -0.4 is 4.90 Å².